The monoisotopic (exact) mass is 346 g/mol. The topological polar surface area (TPSA) is 0 Å². The van der Waals surface area contributed by atoms with Crippen LogP contribution in [0.5, 0.6) is 0 Å². The number of hydrogen-bond acceptors (Lipinski definition) is 0. The van der Waals surface area contributed by atoms with E-state index in [0.29, 0.717) is 5.92 Å². The van der Waals surface area contributed by atoms with Crippen molar-refractivity contribution in [2.24, 2.45) is 0 Å². The molecular formula is C27H22. The van der Waals surface area contributed by atoms with Crippen molar-refractivity contribution in [3.05, 3.63) is 120 Å². The van der Waals surface area contributed by atoms with E-state index in [4.69, 9.17) is 0 Å². The molecule has 0 radical (unpaired) electrons. The molecule has 0 aliphatic heterocycles. The molecule has 0 spiro atoms. The highest BCUT2D eigenvalue weighted by Crippen LogP contribution is 2.46. The lowest BCUT2D eigenvalue weighted by Crippen LogP contribution is -2.00. The van der Waals surface area contributed by atoms with E-state index in [9.17, 15) is 0 Å². The van der Waals surface area contributed by atoms with E-state index >= 15 is 0 Å². The number of hydrogen-bond donors (Lipinski definition) is 0. The Hall–Kier alpha value is -3.12. The van der Waals surface area contributed by atoms with Crippen molar-refractivity contribution >= 4 is 0 Å². The Morgan fingerprint density at radius 2 is 1.00 bits per heavy atom. The standard InChI is InChI=1S/C27H22/c1-2-10-20(11-3-1)22-13-5-4-12-21(22)18-19-27-25-16-8-6-14-23(25)24-15-7-9-17-26(24)27/h1-17,27H,18-19H2. The van der Waals surface area contributed by atoms with Gasteiger partial charge in [0.1, 0.15) is 0 Å². The van der Waals surface area contributed by atoms with Gasteiger partial charge in [-0.15, -0.1) is 0 Å². The average Bonchev–Trinajstić information content (AvgIpc) is 3.07. The molecule has 0 fully saturated rings. The Kier molecular flexibility index (Phi) is 4.10. The highest BCUT2D eigenvalue weighted by Gasteiger charge is 2.27. The van der Waals surface area contributed by atoms with Crippen LogP contribution >= 0.6 is 0 Å². The predicted molar refractivity (Wildman–Crippen MR) is 114 cm³/mol. The minimum absolute atomic E-state index is 0.487. The van der Waals surface area contributed by atoms with Crippen molar-refractivity contribution in [3.8, 4) is 22.3 Å². The normalized spacial score (nSPS) is 12.6. The molecule has 0 unspecified atom stereocenters. The summed E-state index contributed by atoms with van der Waals surface area (Å²) in [6.07, 6.45) is 2.22. The second kappa shape index (κ2) is 6.89. The third-order valence-corrected chi connectivity index (χ3v) is 5.77. The van der Waals surface area contributed by atoms with Gasteiger partial charge in [0.25, 0.3) is 0 Å². The fourth-order valence-electron chi connectivity index (χ4n) is 4.51. The minimum atomic E-state index is 0.487. The van der Waals surface area contributed by atoms with E-state index in [-0.39, 0.29) is 0 Å². The van der Waals surface area contributed by atoms with Gasteiger partial charge in [0.15, 0.2) is 0 Å². The summed E-state index contributed by atoms with van der Waals surface area (Å²) < 4.78 is 0. The van der Waals surface area contributed by atoms with Gasteiger partial charge in [-0.3, -0.25) is 0 Å². The Balaban J connectivity index is 1.48. The third-order valence-electron chi connectivity index (χ3n) is 5.77. The van der Waals surface area contributed by atoms with Crippen LogP contribution in [0, 0.1) is 0 Å². The van der Waals surface area contributed by atoms with Gasteiger partial charge < -0.3 is 0 Å². The highest BCUT2D eigenvalue weighted by atomic mass is 14.3. The first kappa shape index (κ1) is 16.1. The lowest BCUT2D eigenvalue weighted by molar-refractivity contribution is 0.730. The summed E-state index contributed by atoms with van der Waals surface area (Å²) in [6.45, 7) is 0. The van der Waals surface area contributed by atoms with E-state index < -0.39 is 0 Å². The molecule has 5 rings (SSSR count). The molecule has 0 saturated carbocycles. The molecule has 0 heterocycles. The first-order valence-electron chi connectivity index (χ1n) is 9.73. The van der Waals surface area contributed by atoms with Crippen molar-refractivity contribution in [2.75, 3.05) is 0 Å². The minimum Gasteiger partial charge on any atom is -0.0622 e. The van der Waals surface area contributed by atoms with Crippen molar-refractivity contribution in [2.45, 2.75) is 18.8 Å². The molecule has 0 atom stereocenters. The molecule has 4 aromatic carbocycles. The molecule has 4 aromatic rings. The van der Waals surface area contributed by atoms with Crippen LogP contribution in [0.1, 0.15) is 29.0 Å². The van der Waals surface area contributed by atoms with Gasteiger partial charge in [0.2, 0.25) is 0 Å². The predicted octanol–water partition coefficient (Wildman–Crippen LogP) is 7.10. The van der Waals surface area contributed by atoms with Crippen LogP contribution in [0.2, 0.25) is 0 Å². The second-order valence-electron chi connectivity index (χ2n) is 7.29. The first-order valence-corrected chi connectivity index (χ1v) is 9.73. The van der Waals surface area contributed by atoms with Gasteiger partial charge in [-0.2, -0.15) is 0 Å². The molecule has 0 saturated heterocycles. The zero-order chi connectivity index (χ0) is 18.1. The number of fused-ring (bicyclic) bond motifs is 3. The quantitative estimate of drug-likeness (QED) is 0.370. The number of rotatable bonds is 4. The molecule has 0 aromatic heterocycles. The van der Waals surface area contributed by atoms with Crippen molar-refractivity contribution in [1.29, 1.82) is 0 Å². The van der Waals surface area contributed by atoms with E-state index in [1.807, 2.05) is 0 Å². The Morgan fingerprint density at radius 1 is 0.481 bits per heavy atom. The van der Waals surface area contributed by atoms with Gasteiger partial charge in [-0.1, -0.05) is 103 Å². The summed E-state index contributed by atoms with van der Waals surface area (Å²) in [4.78, 5) is 0. The largest absolute Gasteiger partial charge is 0.0622 e. The molecule has 0 nitrogen and oxygen atoms in total. The maximum absolute atomic E-state index is 2.31. The zero-order valence-electron chi connectivity index (χ0n) is 15.3. The summed E-state index contributed by atoms with van der Waals surface area (Å²) in [5.41, 5.74) is 9.89. The molecular weight excluding hydrogens is 324 g/mol. The molecule has 130 valence electrons. The first-order chi connectivity index (χ1) is 13.4. The molecule has 0 heteroatoms. The van der Waals surface area contributed by atoms with Crippen LogP contribution in [-0.4, -0.2) is 0 Å². The molecule has 1 aliphatic rings. The van der Waals surface area contributed by atoms with E-state index in [1.165, 1.54) is 38.9 Å². The third kappa shape index (κ3) is 2.88. The number of aryl methyl sites for hydroxylation is 1. The average molecular weight is 346 g/mol. The van der Waals surface area contributed by atoms with Gasteiger partial charge in [0.05, 0.1) is 0 Å². The highest BCUT2D eigenvalue weighted by molar-refractivity contribution is 5.78. The summed E-state index contributed by atoms with van der Waals surface area (Å²) in [5, 5.41) is 0. The van der Waals surface area contributed by atoms with Gasteiger partial charge >= 0.3 is 0 Å². The van der Waals surface area contributed by atoms with Crippen LogP contribution in [0.15, 0.2) is 103 Å². The summed E-state index contributed by atoms with van der Waals surface area (Å²) in [6, 6.07) is 37.4. The van der Waals surface area contributed by atoms with Crippen LogP contribution < -0.4 is 0 Å². The number of benzene rings is 4. The van der Waals surface area contributed by atoms with E-state index in [1.54, 1.807) is 0 Å². The SMILES string of the molecule is c1ccc(-c2ccccc2CCC2c3ccccc3-c3ccccc32)cc1. The molecule has 0 amide bonds. The van der Waals surface area contributed by atoms with Crippen molar-refractivity contribution in [3.63, 3.8) is 0 Å². The molecule has 27 heavy (non-hydrogen) atoms. The lowest BCUT2D eigenvalue weighted by atomic mass is 9.88. The fourth-order valence-corrected chi connectivity index (χ4v) is 4.51. The maximum atomic E-state index is 2.31. The molecule has 0 bridgehead atoms. The van der Waals surface area contributed by atoms with Crippen LogP contribution in [0.3, 0.4) is 0 Å². The zero-order valence-corrected chi connectivity index (χ0v) is 15.3. The lowest BCUT2D eigenvalue weighted by Gasteiger charge is -2.16. The summed E-state index contributed by atoms with van der Waals surface area (Å²) >= 11 is 0. The van der Waals surface area contributed by atoms with Crippen LogP contribution in [-0.2, 0) is 6.42 Å². The second-order valence-corrected chi connectivity index (χ2v) is 7.29. The summed E-state index contributed by atoms with van der Waals surface area (Å²) in [5.74, 6) is 0.487. The molecule has 1 aliphatic carbocycles. The Labute approximate surface area is 161 Å². The maximum Gasteiger partial charge on any atom is 0.0105 e. The van der Waals surface area contributed by atoms with Crippen LogP contribution in [0.25, 0.3) is 22.3 Å². The van der Waals surface area contributed by atoms with E-state index in [0.717, 1.165) is 12.8 Å². The molecule has 0 N–H and O–H groups in total. The van der Waals surface area contributed by atoms with Gasteiger partial charge in [0, 0.05) is 5.92 Å². The Bertz CT molecular complexity index is 1030. The van der Waals surface area contributed by atoms with Gasteiger partial charge in [-0.05, 0) is 51.8 Å². The smallest absolute Gasteiger partial charge is 0.0105 e. The van der Waals surface area contributed by atoms with Crippen LogP contribution in [0.4, 0.5) is 0 Å². The fraction of sp³-hybridized carbons (Fsp3) is 0.111. The van der Waals surface area contributed by atoms with Crippen molar-refractivity contribution in [1.82, 2.24) is 0 Å². The summed E-state index contributed by atoms with van der Waals surface area (Å²) in [7, 11) is 0. The van der Waals surface area contributed by atoms with E-state index in [2.05, 4.69) is 103 Å². The van der Waals surface area contributed by atoms with Gasteiger partial charge in [-0.25, -0.2) is 0 Å². The Morgan fingerprint density at radius 3 is 1.67 bits per heavy atom. The van der Waals surface area contributed by atoms with Crippen molar-refractivity contribution < 1.29 is 0 Å².